The van der Waals surface area contributed by atoms with Crippen LogP contribution in [0.5, 0.6) is 0 Å². The van der Waals surface area contributed by atoms with Gasteiger partial charge in [-0.15, -0.1) is 11.3 Å². The minimum Gasteiger partial charge on any atom is -0.309 e. The van der Waals surface area contributed by atoms with E-state index in [4.69, 9.17) is 4.98 Å². The fourth-order valence-corrected chi connectivity index (χ4v) is 3.63. The van der Waals surface area contributed by atoms with Crippen LogP contribution in [0.4, 0.5) is 0 Å². The van der Waals surface area contributed by atoms with Gasteiger partial charge in [0.15, 0.2) is 0 Å². The molecule has 112 valence electrons. The molecule has 0 unspecified atom stereocenters. The number of hydrogen-bond donors (Lipinski definition) is 1. The number of aryl methyl sites for hydroxylation is 2. The number of rotatable bonds is 7. The molecule has 3 rings (SSSR count). The van der Waals surface area contributed by atoms with Crippen LogP contribution in [-0.4, -0.2) is 16.0 Å². The fourth-order valence-electron chi connectivity index (χ4n) is 2.51. The Bertz CT molecular complexity index is 602. The Balaban J connectivity index is 1.88. The van der Waals surface area contributed by atoms with Gasteiger partial charge in [0.25, 0.3) is 0 Å². The van der Waals surface area contributed by atoms with Crippen molar-refractivity contribution in [3.8, 4) is 10.6 Å². The summed E-state index contributed by atoms with van der Waals surface area (Å²) in [6.07, 6.45) is 9.73. The maximum absolute atomic E-state index is 4.93. The quantitative estimate of drug-likeness (QED) is 0.841. The van der Waals surface area contributed by atoms with Crippen molar-refractivity contribution in [1.82, 2.24) is 15.3 Å². The molecule has 1 aliphatic rings. The largest absolute Gasteiger partial charge is 0.309 e. The third kappa shape index (κ3) is 3.50. The summed E-state index contributed by atoms with van der Waals surface area (Å²) in [6.45, 7) is 5.38. The monoisotopic (exact) mass is 301 g/mol. The molecule has 0 atom stereocenters. The molecule has 4 heteroatoms. The van der Waals surface area contributed by atoms with E-state index in [2.05, 4.69) is 30.2 Å². The van der Waals surface area contributed by atoms with Gasteiger partial charge in [-0.3, -0.25) is 4.98 Å². The number of nitrogens with one attached hydrogen (secondary N) is 1. The van der Waals surface area contributed by atoms with Gasteiger partial charge in [0, 0.05) is 35.4 Å². The van der Waals surface area contributed by atoms with Crippen molar-refractivity contribution in [2.45, 2.75) is 58.5 Å². The van der Waals surface area contributed by atoms with Crippen molar-refractivity contribution in [3.05, 3.63) is 34.6 Å². The van der Waals surface area contributed by atoms with Crippen LogP contribution in [0.1, 0.15) is 49.2 Å². The number of hydrogen-bond acceptors (Lipinski definition) is 4. The second-order valence-electron chi connectivity index (χ2n) is 5.68. The van der Waals surface area contributed by atoms with Gasteiger partial charge in [-0.25, -0.2) is 4.98 Å². The molecule has 0 aromatic carbocycles. The molecule has 0 radical (unpaired) electrons. The third-order valence-corrected chi connectivity index (χ3v) is 5.04. The van der Waals surface area contributed by atoms with E-state index in [9.17, 15) is 0 Å². The molecule has 21 heavy (non-hydrogen) atoms. The Morgan fingerprint density at radius 3 is 2.90 bits per heavy atom. The summed E-state index contributed by atoms with van der Waals surface area (Å²) in [5.41, 5.74) is 3.83. The molecule has 0 amide bonds. The summed E-state index contributed by atoms with van der Waals surface area (Å²) in [7, 11) is 0. The first-order chi connectivity index (χ1) is 10.3. The van der Waals surface area contributed by atoms with Gasteiger partial charge in [-0.1, -0.05) is 20.3 Å². The van der Waals surface area contributed by atoms with Crippen molar-refractivity contribution in [3.63, 3.8) is 0 Å². The van der Waals surface area contributed by atoms with E-state index in [1.807, 2.05) is 23.7 Å². The lowest BCUT2D eigenvalue weighted by molar-refractivity contribution is 0.686. The van der Waals surface area contributed by atoms with E-state index < -0.39 is 0 Å². The molecule has 3 nitrogen and oxygen atoms in total. The first-order valence-electron chi connectivity index (χ1n) is 7.97. The SMILES string of the molecule is CCCc1nc(-c2ccncc2CC)sc1CNC1CC1. The lowest BCUT2D eigenvalue weighted by Gasteiger charge is -2.02. The van der Waals surface area contributed by atoms with Gasteiger partial charge < -0.3 is 5.32 Å². The summed E-state index contributed by atoms with van der Waals surface area (Å²) in [6, 6.07) is 2.85. The summed E-state index contributed by atoms with van der Waals surface area (Å²) in [5.74, 6) is 0. The predicted molar refractivity (Wildman–Crippen MR) is 88.6 cm³/mol. The van der Waals surface area contributed by atoms with Gasteiger partial charge in [0.05, 0.1) is 5.69 Å². The van der Waals surface area contributed by atoms with Crippen LogP contribution in [0.25, 0.3) is 10.6 Å². The molecule has 0 saturated heterocycles. The zero-order chi connectivity index (χ0) is 14.7. The Kier molecular flexibility index (Phi) is 4.66. The third-order valence-electron chi connectivity index (χ3n) is 3.91. The zero-order valence-electron chi connectivity index (χ0n) is 12.9. The molecule has 1 fully saturated rings. The van der Waals surface area contributed by atoms with Crippen molar-refractivity contribution in [2.24, 2.45) is 0 Å². The minimum absolute atomic E-state index is 0.747. The molecule has 2 aromatic rings. The van der Waals surface area contributed by atoms with Gasteiger partial charge in [0.2, 0.25) is 0 Å². The molecule has 1 aliphatic carbocycles. The van der Waals surface area contributed by atoms with E-state index in [-0.39, 0.29) is 0 Å². The molecule has 2 aromatic heterocycles. The summed E-state index contributed by atoms with van der Waals surface area (Å²) >= 11 is 1.85. The molecule has 2 heterocycles. The van der Waals surface area contributed by atoms with Gasteiger partial charge in [0.1, 0.15) is 5.01 Å². The highest BCUT2D eigenvalue weighted by molar-refractivity contribution is 7.15. The highest BCUT2D eigenvalue weighted by Crippen LogP contribution is 2.31. The van der Waals surface area contributed by atoms with Crippen molar-refractivity contribution in [1.29, 1.82) is 0 Å². The lowest BCUT2D eigenvalue weighted by Crippen LogP contribution is -2.15. The number of pyridine rings is 1. The molecular formula is C17H23N3S. The second-order valence-corrected chi connectivity index (χ2v) is 6.76. The Morgan fingerprint density at radius 2 is 2.19 bits per heavy atom. The van der Waals surface area contributed by atoms with Crippen LogP contribution in [0.3, 0.4) is 0 Å². The maximum Gasteiger partial charge on any atom is 0.124 e. The average Bonchev–Trinajstić information content (AvgIpc) is 3.26. The van der Waals surface area contributed by atoms with E-state index in [1.54, 1.807) is 0 Å². The predicted octanol–water partition coefficient (Wildman–Crippen LogP) is 3.97. The molecule has 0 bridgehead atoms. The second kappa shape index (κ2) is 6.67. The van der Waals surface area contributed by atoms with Crippen LogP contribution >= 0.6 is 11.3 Å². The van der Waals surface area contributed by atoms with Crippen LogP contribution in [0, 0.1) is 0 Å². The van der Waals surface area contributed by atoms with Gasteiger partial charge in [-0.05, 0) is 37.3 Å². The Hall–Kier alpha value is -1.26. The van der Waals surface area contributed by atoms with E-state index >= 15 is 0 Å². The number of aromatic nitrogens is 2. The van der Waals surface area contributed by atoms with Crippen LogP contribution in [0.15, 0.2) is 18.5 Å². The minimum atomic E-state index is 0.747. The van der Waals surface area contributed by atoms with Crippen molar-refractivity contribution < 1.29 is 0 Å². The molecular weight excluding hydrogens is 278 g/mol. The first kappa shape index (κ1) is 14.7. The normalized spacial score (nSPS) is 14.6. The molecule has 0 aliphatic heterocycles. The molecule has 1 N–H and O–H groups in total. The number of nitrogens with zero attached hydrogens (tertiary/aromatic N) is 2. The summed E-state index contributed by atoms with van der Waals surface area (Å²) in [5, 5.41) is 4.78. The maximum atomic E-state index is 4.93. The summed E-state index contributed by atoms with van der Waals surface area (Å²) in [4.78, 5) is 10.6. The fraction of sp³-hybridized carbons (Fsp3) is 0.529. The lowest BCUT2D eigenvalue weighted by atomic mass is 10.1. The standard InChI is InChI=1S/C17H23N3S/c1-3-5-15-16(11-19-13-6-7-13)21-17(20-15)14-8-9-18-10-12(14)4-2/h8-10,13,19H,3-7,11H2,1-2H3. The van der Waals surface area contributed by atoms with Crippen LogP contribution in [-0.2, 0) is 19.4 Å². The van der Waals surface area contributed by atoms with E-state index in [0.717, 1.165) is 36.9 Å². The first-order valence-corrected chi connectivity index (χ1v) is 8.78. The van der Waals surface area contributed by atoms with Crippen molar-refractivity contribution >= 4 is 11.3 Å². The van der Waals surface area contributed by atoms with Gasteiger partial charge in [-0.2, -0.15) is 0 Å². The highest BCUT2D eigenvalue weighted by Gasteiger charge is 2.22. The molecule has 0 spiro atoms. The number of thiazole rings is 1. The Labute approximate surface area is 130 Å². The smallest absolute Gasteiger partial charge is 0.124 e. The molecule has 1 saturated carbocycles. The average molecular weight is 301 g/mol. The van der Waals surface area contributed by atoms with E-state index in [1.165, 1.54) is 34.5 Å². The zero-order valence-corrected chi connectivity index (χ0v) is 13.7. The highest BCUT2D eigenvalue weighted by atomic mass is 32.1. The van der Waals surface area contributed by atoms with Crippen molar-refractivity contribution in [2.75, 3.05) is 0 Å². The summed E-state index contributed by atoms with van der Waals surface area (Å²) < 4.78 is 0. The van der Waals surface area contributed by atoms with Crippen LogP contribution in [0.2, 0.25) is 0 Å². The Morgan fingerprint density at radius 1 is 1.33 bits per heavy atom. The topological polar surface area (TPSA) is 37.8 Å². The van der Waals surface area contributed by atoms with E-state index in [0.29, 0.717) is 0 Å². The van der Waals surface area contributed by atoms with Crippen LogP contribution < -0.4 is 5.32 Å². The van der Waals surface area contributed by atoms with Gasteiger partial charge >= 0.3 is 0 Å².